The van der Waals surface area contributed by atoms with Crippen LogP contribution in [0.5, 0.6) is 0 Å². The summed E-state index contributed by atoms with van der Waals surface area (Å²) in [5.41, 5.74) is 5.38. The SMILES string of the molecule is CCC(CO)Nc1nc(NCc2ccccc2)c2ncn(C(C)C)c2n1.CCC(CO)Nc1nc(NCc2ccccc2)c2ncn(C(C)C)c2n1.O=C([O-])C(=O)[O-].[Pt+2]. The number of aliphatic hydroxyl groups is 2. The van der Waals surface area contributed by atoms with Crippen molar-refractivity contribution in [1.29, 1.82) is 0 Å². The van der Waals surface area contributed by atoms with E-state index in [-0.39, 0.29) is 58.4 Å². The molecule has 0 amide bonds. The number of carboxylic acids is 2. The van der Waals surface area contributed by atoms with E-state index in [0.717, 1.165) is 35.2 Å². The molecular weight excluding hydrogens is 940 g/mol. The summed E-state index contributed by atoms with van der Waals surface area (Å²) in [6.07, 6.45) is 5.16. The van der Waals surface area contributed by atoms with Gasteiger partial charge in [0.1, 0.15) is 0 Å². The molecule has 4 heterocycles. The normalized spacial score (nSPS) is 11.8. The molecule has 6 rings (SSSR count). The fourth-order valence-corrected chi connectivity index (χ4v) is 5.45. The van der Waals surface area contributed by atoms with Gasteiger partial charge in [-0.05, 0) is 51.7 Å². The molecule has 0 spiro atoms. The molecule has 2 atom stereocenters. The molecule has 2 aromatic carbocycles. The first-order valence-electron chi connectivity index (χ1n) is 19.1. The molecule has 2 unspecified atom stereocenters. The van der Waals surface area contributed by atoms with Crippen LogP contribution in [0.4, 0.5) is 23.5 Å². The number of carbonyl (C=O) groups is 2. The maximum absolute atomic E-state index is 9.47. The number of aliphatic hydroxyl groups excluding tert-OH is 2. The fourth-order valence-electron chi connectivity index (χ4n) is 5.45. The van der Waals surface area contributed by atoms with Crippen LogP contribution in [0.2, 0.25) is 0 Å². The Hall–Kier alpha value is -5.71. The van der Waals surface area contributed by atoms with Crippen molar-refractivity contribution in [2.75, 3.05) is 34.5 Å². The van der Waals surface area contributed by atoms with Gasteiger partial charge in [0, 0.05) is 25.2 Å². The minimum Gasteiger partial charge on any atom is -0.543 e. The molecule has 0 saturated heterocycles. The van der Waals surface area contributed by atoms with Crippen molar-refractivity contribution in [2.24, 2.45) is 0 Å². The summed E-state index contributed by atoms with van der Waals surface area (Å²) in [5.74, 6) is -2.00. The van der Waals surface area contributed by atoms with Crippen molar-refractivity contribution in [3.63, 3.8) is 0 Å². The number of imidazole rings is 2. The number of carbonyl (C=O) groups excluding carboxylic acids is 2. The maximum atomic E-state index is 9.47. The first kappa shape index (κ1) is 47.7. The molecular formula is C40H52N12O6Pt. The van der Waals surface area contributed by atoms with Crippen LogP contribution in [0.3, 0.4) is 0 Å². The number of nitrogens with zero attached hydrogens (tertiary/aromatic N) is 8. The van der Waals surface area contributed by atoms with Gasteiger partial charge in [0.05, 0.1) is 49.9 Å². The number of aliphatic carboxylic acids is 2. The summed E-state index contributed by atoms with van der Waals surface area (Å²) in [6.45, 7) is 13.8. The topological polar surface area (TPSA) is 256 Å². The third-order valence-electron chi connectivity index (χ3n) is 8.82. The average Bonchev–Trinajstić information content (AvgIpc) is 3.87. The molecule has 318 valence electrons. The van der Waals surface area contributed by atoms with Gasteiger partial charge in [0.2, 0.25) is 11.9 Å². The van der Waals surface area contributed by atoms with Crippen LogP contribution >= 0.6 is 0 Å². The van der Waals surface area contributed by atoms with Crippen molar-refractivity contribution in [2.45, 2.75) is 91.6 Å². The van der Waals surface area contributed by atoms with Gasteiger partial charge in [-0.1, -0.05) is 74.5 Å². The molecule has 0 saturated carbocycles. The summed E-state index contributed by atoms with van der Waals surface area (Å²) in [6, 6.07) is 20.6. The van der Waals surface area contributed by atoms with Crippen molar-refractivity contribution >= 4 is 57.8 Å². The van der Waals surface area contributed by atoms with Gasteiger partial charge in [-0.3, -0.25) is 0 Å². The first-order valence-corrected chi connectivity index (χ1v) is 19.1. The van der Waals surface area contributed by atoms with Crippen molar-refractivity contribution < 1.29 is 51.1 Å². The number of carboxylic acid groups (broad SMARTS) is 2. The van der Waals surface area contributed by atoms with E-state index in [4.69, 9.17) is 19.8 Å². The van der Waals surface area contributed by atoms with E-state index in [1.807, 2.05) is 59.4 Å². The number of benzene rings is 2. The quantitative estimate of drug-likeness (QED) is 0.0763. The Morgan fingerprint density at radius 3 is 1.27 bits per heavy atom. The van der Waals surface area contributed by atoms with E-state index in [9.17, 15) is 10.2 Å². The van der Waals surface area contributed by atoms with E-state index in [1.165, 1.54) is 11.1 Å². The first-order chi connectivity index (χ1) is 27.9. The molecule has 0 radical (unpaired) electrons. The number of aromatic nitrogens is 8. The molecule has 19 heteroatoms. The summed E-state index contributed by atoms with van der Waals surface area (Å²) in [7, 11) is 0. The Balaban J connectivity index is 0.000000273. The molecule has 0 aliphatic heterocycles. The van der Waals surface area contributed by atoms with E-state index >= 15 is 0 Å². The minimum absolute atomic E-state index is 0. The standard InChI is InChI=1S/2C19H26N6O.C2H2O4.Pt/c2*1-4-15(11-26)22-19-23-17(20-10-14-8-6-5-7-9-14)16-18(24-19)25(12-21-16)13(2)3;3-1(4)2(5)6;/h2*5-9,12-13,15,26H,4,10-11H2,1-3H3,(H2,20,22,23,24);(H,3,4)(H,5,6);/q;;;+2/p-2. The Morgan fingerprint density at radius 1 is 0.627 bits per heavy atom. The Kier molecular flexibility index (Phi) is 19.1. The van der Waals surface area contributed by atoms with Crippen molar-refractivity contribution in [3.8, 4) is 0 Å². The predicted molar refractivity (Wildman–Crippen MR) is 219 cm³/mol. The second-order valence-electron chi connectivity index (χ2n) is 13.7. The van der Waals surface area contributed by atoms with Crippen LogP contribution in [0, 0.1) is 0 Å². The van der Waals surface area contributed by atoms with E-state index in [2.05, 4.69) is 103 Å². The van der Waals surface area contributed by atoms with Gasteiger partial charge in [0.15, 0.2) is 34.0 Å². The molecule has 59 heavy (non-hydrogen) atoms. The number of fused-ring (bicyclic) bond motifs is 2. The molecule has 18 nitrogen and oxygen atoms in total. The van der Waals surface area contributed by atoms with Crippen LogP contribution in [0.25, 0.3) is 22.3 Å². The Morgan fingerprint density at radius 2 is 0.983 bits per heavy atom. The minimum atomic E-state index is -2.19. The molecule has 0 fully saturated rings. The van der Waals surface area contributed by atoms with Crippen LogP contribution in [0.15, 0.2) is 73.3 Å². The number of rotatable bonds is 16. The summed E-state index contributed by atoms with van der Waals surface area (Å²) in [5, 5.41) is 50.0. The van der Waals surface area contributed by atoms with Crippen molar-refractivity contribution in [1.82, 2.24) is 39.0 Å². The summed E-state index contributed by atoms with van der Waals surface area (Å²) < 4.78 is 4.05. The second kappa shape index (κ2) is 23.6. The number of anilines is 4. The largest absolute Gasteiger partial charge is 2.00 e. The molecule has 6 N–H and O–H groups in total. The number of nitrogens with one attached hydrogen (secondary N) is 4. The van der Waals surface area contributed by atoms with E-state index in [0.29, 0.717) is 36.6 Å². The number of hydrogen-bond acceptors (Lipinski definition) is 16. The molecule has 0 aliphatic carbocycles. The average molecular weight is 992 g/mol. The van der Waals surface area contributed by atoms with Gasteiger partial charge in [-0.25, -0.2) is 9.97 Å². The van der Waals surface area contributed by atoms with Crippen LogP contribution in [-0.2, 0) is 43.7 Å². The molecule has 6 aromatic rings. The summed E-state index contributed by atoms with van der Waals surface area (Å²) in [4.78, 5) is 45.4. The smallest absolute Gasteiger partial charge is 0.543 e. The molecule has 4 aromatic heterocycles. The number of hydrogen-bond donors (Lipinski definition) is 6. The van der Waals surface area contributed by atoms with Crippen LogP contribution < -0.4 is 31.5 Å². The van der Waals surface area contributed by atoms with Gasteiger partial charge in [-0.15, -0.1) is 0 Å². The van der Waals surface area contributed by atoms with E-state index in [1.54, 1.807) is 12.7 Å². The van der Waals surface area contributed by atoms with Crippen molar-refractivity contribution in [3.05, 3.63) is 84.4 Å². The third-order valence-corrected chi connectivity index (χ3v) is 8.82. The van der Waals surface area contributed by atoms with Crippen LogP contribution in [-0.4, -0.2) is 86.5 Å². The maximum Gasteiger partial charge on any atom is 2.00 e. The zero-order chi connectivity index (χ0) is 42.2. The predicted octanol–water partition coefficient (Wildman–Crippen LogP) is 2.89. The zero-order valence-corrected chi connectivity index (χ0v) is 36.2. The van der Waals surface area contributed by atoms with Gasteiger partial charge in [-0.2, -0.15) is 19.9 Å². The van der Waals surface area contributed by atoms with E-state index < -0.39 is 11.9 Å². The summed E-state index contributed by atoms with van der Waals surface area (Å²) >= 11 is 0. The molecule has 0 aliphatic rings. The van der Waals surface area contributed by atoms with Crippen LogP contribution in [0.1, 0.15) is 77.6 Å². The zero-order valence-electron chi connectivity index (χ0n) is 33.9. The molecule has 0 bridgehead atoms. The Bertz CT molecular complexity index is 2040. The third kappa shape index (κ3) is 13.7. The van der Waals surface area contributed by atoms with Gasteiger partial charge < -0.3 is 60.4 Å². The van der Waals surface area contributed by atoms with Gasteiger partial charge in [0.25, 0.3) is 0 Å². The second-order valence-corrected chi connectivity index (χ2v) is 13.7. The monoisotopic (exact) mass is 991 g/mol. The fraction of sp³-hybridized carbons (Fsp3) is 0.400. The van der Waals surface area contributed by atoms with Gasteiger partial charge >= 0.3 is 21.1 Å². The Labute approximate surface area is 357 Å².